The lowest BCUT2D eigenvalue weighted by molar-refractivity contribution is 0.390. The molecule has 4 heteroatoms. The van der Waals surface area contributed by atoms with Gasteiger partial charge in [0, 0.05) is 12.2 Å². The number of rotatable bonds is 4. The van der Waals surface area contributed by atoms with E-state index in [1.807, 2.05) is 12.1 Å². The molecule has 0 aliphatic rings. The van der Waals surface area contributed by atoms with Crippen LogP contribution >= 0.6 is 23.8 Å². The third-order valence-electron chi connectivity index (χ3n) is 2.45. The zero-order valence-corrected chi connectivity index (χ0v) is 12.1. The van der Waals surface area contributed by atoms with Crippen molar-refractivity contribution in [3.8, 4) is 0 Å². The SMILES string of the molecule is CC(C)(C)CCNc1cccc(Cl)c1C(N)=S. The van der Waals surface area contributed by atoms with Crippen LogP contribution in [0.4, 0.5) is 5.69 Å². The summed E-state index contributed by atoms with van der Waals surface area (Å²) in [6.07, 6.45) is 1.07. The first kappa shape index (κ1) is 14.3. The Hall–Kier alpha value is -0.800. The van der Waals surface area contributed by atoms with Gasteiger partial charge in [-0.05, 0) is 24.0 Å². The van der Waals surface area contributed by atoms with Gasteiger partial charge in [0.15, 0.2) is 0 Å². The van der Waals surface area contributed by atoms with Gasteiger partial charge in [0.2, 0.25) is 0 Å². The maximum Gasteiger partial charge on any atom is 0.107 e. The van der Waals surface area contributed by atoms with Gasteiger partial charge in [-0.15, -0.1) is 0 Å². The van der Waals surface area contributed by atoms with Crippen LogP contribution in [0, 0.1) is 5.41 Å². The van der Waals surface area contributed by atoms with Crippen LogP contribution in [0.15, 0.2) is 18.2 Å². The van der Waals surface area contributed by atoms with Gasteiger partial charge >= 0.3 is 0 Å². The summed E-state index contributed by atoms with van der Waals surface area (Å²) in [5.74, 6) is 0. The molecule has 17 heavy (non-hydrogen) atoms. The fourth-order valence-electron chi connectivity index (χ4n) is 1.49. The van der Waals surface area contributed by atoms with E-state index in [-0.39, 0.29) is 0 Å². The van der Waals surface area contributed by atoms with E-state index in [0.717, 1.165) is 24.2 Å². The van der Waals surface area contributed by atoms with Crippen LogP contribution in [0.25, 0.3) is 0 Å². The molecule has 0 spiro atoms. The topological polar surface area (TPSA) is 38.0 Å². The highest BCUT2D eigenvalue weighted by molar-refractivity contribution is 7.80. The van der Waals surface area contributed by atoms with Crippen molar-refractivity contribution >= 4 is 34.5 Å². The maximum absolute atomic E-state index is 6.09. The van der Waals surface area contributed by atoms with Crippen LogP contribution in [0.3, 0.4) is 0 Å². The summed E-state index contributed by atoms with van der Waals surface area (Å²) in [5, 5.41) is 3.94. The molecule has 3 N–H and O–H groups in total. The van der Waals surface area contributed by atoms with Crippen molar-refractivity contribution in [2.75, 3.05) is 11.9 Å². The highest BCUT2D eigenvalue weighted by atomic mass is 35.5. The van der Waals surface area contributed by atoms with Crippen LogP contribution in [0.1, 0.15) is 32.8 Å². The average Bonchev–Trinajstić information content (AvgIpc) is 2.14. The normalized spacial score (nSPS) is 11.3. The van der Waals surface area contributed by atoms with E-state index in [1.165, 1.54) is 0 Å². The fraction of sp³-hybridized carbons (Fsp3) is 0.462. The molecule has 1 rings (SSSR count). The van der Waals surface area contributed by atoms with Crippen molar-refractivity contribution in [1.29, 1.82) is 0 Å². The molecule has 0 fully saturated rings. The number of hydrogen-bond acceptors (Lipinski definition) is 2. The predicted molar refractivity (Wildman–Crippen MR) is 79.9 cm³/mol. The van der Waals surface area contributed by atoms with E-state index in [0.29, 0.717) is 15.4 Å². The fourth-order valence-corrected chi connectivity index (χ4v) is 2.05. The van der Waals surface area contributed by atoms with Crippen molar-refractivity contribution in [2.45, 2.75) is 27.2 Å². The Labute approximate surface area is 114 Å². The maximum atomic E-state index is 6.09. The van der Waals surface area contributed by atoms with Gasteiger partial charge in [-0.2, -0.15) is 0 Å². The molecule has 0 aliphatic carbocycles. The van der Waals surface area contributed by atoms with Crippen LogP contribution in [0.5, 0.6) is 0 Å². The van der Waals surface area contributed by atoms with E-state index >= 15 is 0 Å². The van der Waals surface area contributed by atoms with E-state index in [9.17, 15) is 0 Å². The molecule has 0 aromatic heterocycles. The first-order valence-corrected chi connectivity index (χ1v) is 6.42. The lowest BCUT2D eigenvalue weighted by Crippen LogP contribution is -2.17. The smallest absolute Gasteiger partial charge is 0.107 e. The zero-order chi connectivity index (χ0) is 13.1. The molecule has 1 aromatic rings. The van der Waals surface area contributed by atoms with Crippen molar-refractivity contribution in [2.24, 2.45) is 11.1 Å². The predicted octanol–water partition coefficient (Wildman–Crippen LogP) is 3.82. The Balaban J connectivity index is 2.78. The number of hydrogen-bond donors (Lipinski definition) is 2. The van der Waals surface area contributed by atoms with E-state index in [2.05, 4.69) is 26.1 Å². The van der Waals surface area contributed by atoms with E-state index in [4.69, 9.17) is 29.6 Å². The Kier molecular flexibility index (Phi) is 4.78. The van der Waals surface area contributed by atoms with Crippen LogP contribution in [-0.4, -0.2) is 11.5 Å². The Morgan fingerprint density at radius 2 is 2.06 bits per heavy atom. The number of halogens is 1. The minimum absolute atomic E-state index is 0.301. The van der Waals surface area contributed by atoms with E-state index in [1.54, 1.807) is 6.07 Å². The van der Waals surface area contributed by atoms with Crippen molar-refractivity contribution in [3.63, 3.8) is 0 Å². The monoisotopic (exact) mass is 270 g/mol. The van der Waals surface area contributed by atoms with E-state index < -0.39 is 0 Å². The molecular formula is C13H19ClN2S. The Morgan fingerprint density at radius 1 is 1.41 bits per heavy atom. The second-order valence-corrected chi connectivity index (χ2v) is 6.11. The largest absolute Gasteiger partial charge is 0.389 e. The molecule has 0 atom stereocenters. The summed E-state index contributed by atoms with van der Waals surface area (Å²) >= 11 is 11.1. The number of thiocarbonyl (C=S) groups is 1. The third kappa shape index (κ3) is 4.52. The van der Waals surface area contributed by atoms with Gasteiger partial charge in [-0.25, -0.2) is 0 Å². The Bertz CT molecular complexity index is 410. The molecule has 0 aliphatic heterocycles. The van der Waals surface area contributed by atoms with Gasteiger partial charge in [-0.1, -0.05) is 50.7 Å². The summed E-state index contributed by atoms with van der Waals surface area (Å²) < 4.78 is 0. The molecule has 1 aromatic carbocycles. The first-order chi connectivity index (χ1) is 7.81. The summed E-state index contributed by atoms with van der Waals surface area (Å²) in [6, 6.07) is 5.64. The lowest BCUT2D eigenvalue weighted by Gasteiger charge is -2.19. The van der Waals surface area contributed by atoms with Gasteiger partial charge < -0.3 is 11.1 Å². The summed E-state index contributed by atoms with van der Waals surface area (Å²) in [7, 11) is 0. The van der Waals surface area contributed by atoms with Crippen molar-refractivity contribution < 1.29 is 0 Å². The second kappa shape index (κ2) is 5.69. The summed E-state index contributed by atoms with van der Waals surface area (Å²) in [4.78, 5) is 0.328. The average molecular weight is 271 g/mol. The molecule has 0 unspecified atom stereocenters. The van der Waals surface area contributed by atoms with Gasteiger partial charge in [0.25, 0.3) is 0 Å². The summed E-state index contributed by atoms with van der Waals surface area (Å²) in [6.45, 7) is 7.50. The lowest BCUT2D eigenvalue weighted by atomic mass is 9.92. The molecule has 0 radical (unpaired) electrons. The molecule has 0 heterocycles. The first-order valence-electron chi connectivity index (χ1n) is 5.63. The van der Waals surface area contributed by atoms with Gasteiger partial charge in [0.05, 0.1) is 10.6 Å². The number of benzene rings is 1. The zero-order valence-electron chi connectivity index (χ0n) is 10.5. The highest BCUT2D eigenvalue weighted by Gasteiger charge is 2.12. The highest BCUT2D eigenvalue weighted by Crippen LogP contribution is 2.25. The molecule has 2 nitrogen and oxygen atoms in total. The van der Waals surface area contributed by atoms with Crippen LogP contribution in [-0.2, 0) is 0 Å². The molecule has 0 amide bonds. The third-order valence-corrected chi connectivity index (χ3v) is 2.97. The van der Waals surface area contributed by atoms with Crippen molar-refractivity contribution in [3.05, 3.63) is 28.8 Å². The Morgan fingerprint density at radius 3 is 2.59 bits per heavy atom. The van der Waals surface area contributed by atoms with Crippen LogP contribution in [0.2, 0.25) is 5.02 Å². The second-order valence-electron chi connectivity index (χ2n) is 5.26. The molecule has 0 saturated heterocycles. The van der Waals surface area contributed by atoms with Crippen molar-refractivity contribution in [1.82, 2.24) is 0 Å². The minimum Gasteiger partial charge on any atom is -0.389 e. The number of nitrogens with two attached hydrogens (primary N) is 1. The minimum atomic E-state index is 0.301. The van der Waals surface area contributed by atoms with Gasteiger partial charge in [0.1, 0.15) is 4.99 Å². The van der Waals surface area contributed by atoms with Crippen LogP contribution < -0.4 is 11.1 Å². The molecular weight excluding hydrogens is 252 g/mol. The standard InChI is InChI=1S/C13H19ClN2S/c1-13(2,3)7-8-16-10-6-4-5-9(14)11(10)12(15)17/h4-6,16H,7-8H2,1-3H3,(H2,15,17). The number of anilines is 1. The van der Waals surface area contributed by atoms with Gasteiger partial charge in [-0.3, -0.25) is 0 Å². The molecule has 0 bridgehead atoms. The molecule has 94 valence electrons. The molecule has 0 saturated carbocycles. The quantitative estimate of drug-likeness (QED) is 0.817. The summed E-state index contributed by atoms with van der Waals surface area (Å²) in [5.41, 5.74) is 7.63. The number of nitrogens with one attached hydrogen (secondary N) is 1.